The Hall–Kier alpha value is -3.62. The highest BCUT2D eigenvalue weighted by Gasteiger charge is 2.27. The average Bonchev–Trinajstić information content (AvgIpc) is 3.38. The topological polar surface area (TPSA) is 92.0 Å². The van der Waals surface area contributed by atoms with Crippen molar-refractivity contribution in [1.29, 1.82) is 0 Å². The highest BCUT2D eigenvalue weighted by Crippen LogP contribution is 2.25. The molecule has 2 aliphatic heterocycles. The number of hydrogen-bond donors (Lipinski definition) is 0. The van der Waals surface area contributed by atoms with Crippen LogP contribution in [0.1, 0.15) is 28.9 Å². The summed E-state index contributed by atoms with van der Waals surface area (Å²) in [6, 6.07) is 8.89. The minimum Gasteiger partial charge on any atom is -0.493 e. The van der Waals surface area contributed by atoms with E-state index in [0.29, 0.717) is 42.9 Å². The summed E-state index contributed by atoms with van der Waals surface area (Å²) in [4.78, 5) is 41.2. The third-order valence-electron chi connectivity index (χ3n) is 6.28. The second-order valence-electron chi connectivity index (χ2n) is 8.47. The lowest BCUT2D eigenvalue weighted by molar-refractivity contribution is 0.0742. The van der Waals surface area contributed by atoms with Gasteiger partial charge in [-0.25, -0.2) is 9.78 Å². The first-order valence-corrected chi connectivity index (χ1v) is 11.3. The third kappa shape index (κ3) is 4.10. The van der Waals surface area contributed by atoms with E-state index < -0.39 is 5.63 Å². The molecule has 2 aliphatic rings. The van der Waals surface area contributed by atoms with E-state index in [-0.39, 0.29) is 11.5 Å². The molecular formula is C24H27N5O4. The summed E-state index contributed by atoms with van der Waals surface area (Å²) in [6.45, 7) is 6.23. The monoisotopic (exact) mass is 449 g/mol. The number of amides is 1. The molecule has 0 bridgehead atoms. The van der Waals surface area contributed by atoms with Crippen molar-refractivity contribution in [2.24, 2.45) is 0 Å². The number of anilines is 2. The van der Waals surface area contributed by atoms with Gasteiger partial charge in [-0.15, -0.1) is 0 Å². The first-order chi connectivity index (χ1) is 16.0. The van der Waals surface area contributed by atoms with Crippen LogP contribution in [0.4, 0.5) is 11.8 Å². The number of methoxy groups -OCH3 is 1. The van der Waals surface area contributed by atoms with E-state index in [1.54, 1.807) is 29.2 Å². The Labute approximate surface area is 191 Å². The zero-order valence-electron chi connectivity index (χ0n) is 18.9. The maximum Gasteiger partial charge on any atom is 0.349 e. The van der Waals surface area contributed by atoms with Crippen molar-refractivity contribution < 1.29 is 13.9 Å². The van der Waals surface area contributed by atoms with E-state index in [1.807, 2.05) is 13.0 Å². The van der Waals surface area contributed by atoms with Gasteiger partial charge in [-0.1, -0.05) is 12.1 Å². The molecule has 0 spiro atoms. The lowest BCUT2D eigenvalue weighted by Gasteiger charge is -2.35. The fourth-order valence-corrected chi connectivity index (χ4v) is 4.49. The fourth-order valence-electron chi connectivity index (χ4n) is 4.49. The van der Waals surface area contributed by atoms with Gasteiger partial charge in [0.15, 0.2) is 11.3 Å². The molecule has 0 radical (unpaired) electrons. The van der Waals surface area contributed by atoms with Gasteiger partial charge < -0.3 is 23.9 Å². The van der Waals surface area contributed by atoms with Crippen LogP contribution in [0.15, 0.2) is 39.5 Å². The number of para-hydroxylation sites is 1. The number of benzene rings is 1. The SMILES string of the molecule is COc1cccc2cc(C(=O)N3CCN(c4cc(C)nc(N5CCCC5)n4)CC3)c(=O)oc12. The number of ether oxygens (including phenoxy) is 1. The largest absolute Gasteiger partial charge is 0.493 e. The van der Waals surface area contributed by atoms with Crippen LogP contribution in [0.5, 0.6) is 5.75 Å². The minimum atomic E-state index is -0.652. The van der Waals surface area contributed by atoms with Gasteiger partial charge in [0, 0.05) is 56.4 Å². The van der Waals surface area contributed by atoms with Gasteiger partial charge in [0.1, 0.15) is 11.4 Å². The quantitative estimate of drug-likeness (QED) is 0.561. The first kappa shape index (κ1) is 21.2. The predicted molar refractivity (Wildman–Crippen MR) is 125 cm³/mol. The summed E-state index contributed by atoms with van der Waals surface area (Å²) in [5.41, 5.74) is 0.670. The Balaban J connectivity index is 1.32. The van der Waals surface area contributed by atoms with Gasteiger partial charge in [0.05, 0.1) is 7.11 Å². The number of hydrogen-bond acceptors (Lipinski definition) is 8. The Morgan fingerprint density at radius 1 is 1.00 bits per heavy atom. The first-order valence-electron chi connectivity index (χ1n) is 11.3. The molecule has 172 valence electrons. The number of fused-ring (bicyclic) bond motifs is 1. The Bertz CT molecular complexity index is 1240. The second kappa shape index (κ2) is 8.73. The van der Waals surface area contributed by atoms with Crippen LogP contribution < -0.4 is 20.2 Å². The Morgan fingerprint density at radius 2 is 1.76 bits per heavy atom. The molecule has 2 fully saturated rings. The molecule has 9 heteroatoms. The molecule has 5 rings (SSSR count). The standard InChI is InChI=1S/C24H27N5O4/c1-16-14-20(26-24(25-16)29-8-3-4-9-29)27-10-12-28(13-11-27)22(30)18-15-17-6-5-7-19(32-2)21(17)33-23(18)31/h5-7,14-15H,3-4,8-13H2,1-2H3. The van der Waals surface area contributed by atoms with Crippen molar-refractivity contribution >= 4 is 28.6 Å². The fraction of sp³-hybridized carbons (Fsp3) is 0.417. The molecule has 33 heavy (non-hydrogen) atoms. The number of aryl methyl sites for hydroxylation is 1. The normalized spacial score (nSPS) is 16.5. The van der Waals surface area contributed by atoms with Crippen LogP contribution in [0.25, 0.3) is 11.0 Å². The van der Waals surface area contributed by atoms with E-state index in [9.17, 15) is 9.59 Å². The molecule has 0 atom stereocenters. The average molecular weight is 450 g/mol. The van der Waals surface area contributed by atoms with Gasteiger partial charge in [-0.3, -0.25) is 4.79 Å². The summed E-state index contributed by atoms with van der Waals surface area (Å²) >= 11 is 0. The number of carbonyl (C=O) groups is 1. The molecule has 1 aromatic carbocycles. The molecule has 4 heterocycles. The Morgan fingerprint density at radius 3 is 2.48 bits per heavy atom. The van der Waals surface area contributed by atoms with E-state index >= 15 is 0 Å². The lowest BCUT2D eigenvalue weighted by Crippen LogP contribution is -2.49. The number of rotatable bonds is 4. The van der Waals surface area contributed by atoms with E-state index in [4.69, 9.17) is 14.1 Å². The van der Waals surface area contributed by atoms with Crippen molar-refractivity contribution in [3.63, 3.8) is 0 Å². The van der Waals surface area contributed by atoms with Crippen LogP contribution in [0.2, 0.25) is 0 Å². The van der Waals surface area contributed by atoms with Crippen molar-refractivity contribution in [2.75, 3.05) is 56.2 Å². The van der Waals surface area contributed by atoms with Gasteiger partial charge >= 0.3 is 5.63 Å². The molecule has 3 aromatic rings. The molecule has 0 saturated carbocycles. The van der Waals surface area contributed by atoms with Crippen molar-refractivity contribution in [3.05, 3.63) is 52.0 Å². The second-order valence-corrected chi connectivity index (χ2v) is 8.47. The maximum absolute atomic E-state index is 13.1. The zero-order valence-corrected chi connectivity index (χ0v) is 18.9. The number of aromatic nitrogens is 2. The van der Waals surface area contributed by atoms with Crippen LogP contribution >= 0.6 is 0 Å². The molecular weight excluding hydrogens is 422 g/mol. The van der Waals surface area contributed by atoms with E-state index in [2.05, 4.69) is 14.8 Å². The van der Waals surface area contributed by atoms with Crippen LogP contribution in [-0.4, -0.2) is 67.2 Å². The summed E-state index contributed by atoms with van der Waals surface area (Å²) in [5.74, 6) is 1.81. The lowest BCUT2D eigenvalue weighted by atomic mass is 10.1. The van der Waals surface area contributed by atoms with Gasteiger partial charge in [-0.05, 0) is 31.9 Å². The molecule has 2 saturated heterocycles. The van der Waals surface area contributed by atoms with Crippen LogP contribution in [0, 0.1) is 6.92 Å². The molecule has 1 amide bonds. The highest BCUT2D eigenvalue weighted by atomic mass is 16.5. The van der Waals surface area contributed by atoms with Crippen molar-refractivity contribution in [2.45, 2.75) is 19.8 Å². The number of carbonyl (C=O) groups excluding carboxylic acids is 1. The molecule has 0 aliphatic carbocycles. The number of piperazine rings is 1. The third-order valence-corrected chi connectivity index (χ3v) is 6.28. The summed E-state index contributed by atoms with van der Waals surface area (Å²) in [6.07, 6.45) is 2.34. The van der Waals surface area contributed by atoms with E-state index in [1.165, 1.54) is 20.0 Å². The van der Waals surface area contributed by atoms with Crippen LogP contribution in [-0.2, 0) is 0 Å². The highest BCUT2D eigenvalue weighted by molar-refractivity contribution is 5.97. The zero-order chi connectivity index (χ0) is 22.9. The van der Waals surface area contributed by atoms with Gasteiger partial charge in [-0.2, -0.15) is 4.98 Å². The van der Waals surface area contributed by atoms with Crippen molar-refractivity contribution in [1.82, 2.24) is 14.9 Å². The smallest absolute Gasteiger partial charge is 0.349 e. The summed E-state index contributed by atoms with van der Waals surface area (Å²) < 4.78 is 10.7. The molecule has 0 unspecified atom stereocenters. The number of nitrogens with zero attached hydrogens (tertiary/aromatic N) is 5. The minimum absolute atomic E-state index is 0.0402. The van der Waals surface area contributed by atoms with Crippen molar-refractivity contribution in [3.8, 4) is 5.75 Å². The molecule has 2 aromatic heterocycles. The summed E-state index contributed by atoms with van der Waals surface area (Å²) in [5, 5.41) is 0.654. The van der Waals surface area contributed by atoms with Gasteiger partial charge in [0.25, 0.3) is 5.91 Å². The van der Waals surface area contributed by atoms with Gasteiger partial charge in [0.2, 0.25) is 5.95 Å². The van der Waals surface area contributed by atoms with E-state index in [0.717, 1.165) is 30.5 Å². The predicted octanol–water partition coefficient (Wildman–Crippen LogP) is 2.46. The maximum atomic E-state index is 13.1. The Kier molecular flexibility index (Phi) is 5.62. The van der Waals surface area contributed by atoms with Crippen LogP contribution in [0.3, 0.4) is 0 Å². The molecule has 0 N–H and O–H groups in total. The molecule has 9 nitrogen and oxygen atoms in total. The summed E-state index contributed by atoms with van der Waals surface area (Å²) in [7, 11) is 1.51.